The molecule has 2 unspecified atom stereocenters. The Kier molecular flexibility index (Phi) is 3.36. The number of hydrogen-bond donors (Lipinski definition) is 1. The summed E-state index contributed by atoms with van der Waals surface area (Å²) in [5.74, 6) is 1.84. The summed E-state index contributed by atoms with van der Waals surface area (Å²) in [5.41, 5.74) is 0.635. The smallest absolute Gasteiger partial charge is 0.00187 e. The molecule has 0 aromatic heterocycles. The van der Waals surface area contributed by atoms with Gasteiger partial charge < -0.3 is 10.2 Å². The fourth-order valence-corrected chi connectivity index (χ4v) is 2.83. The fourth-order valence-electron chi connectivity index (χ4n) is 2.83. The van der Waals surface area contributed by atoms with Crippen LogP contribution in [0.15, 0.2) is 0 Å². The Hall–Kier alpha value is -0.0800. The second-order valence-electron chi connectivity index (χ2n) is 6.32. The van der Waals surface area contributed by atoms with Gasteiger partial charge in [-0.15, -0.1) is 0 Å². The SMILES string of the molecule is CN1CCCC(CNCC2CC2(C)C)C1. The topological polar surface area (TPSA) is 15.3 Å². The van der Waals surface area contributed by atoms with Crippen LogP contribution in [0.25, 0.3) is 0 Å². The molecule has 1 aliphatic heterocycles. The normalized spacial score (nSPS) is 35.4. The molecule has 0 bridgehead atoms. The number of piperidine rings is 1. The third-order valence-corrected chi connectivity index (χ3v) is 4.26. The van der Waals surface area contributed by atoms with Crippen molar-refractivity contribution in [2.24, 2.45) is 17.3 Å². The molecule has 15 heavy (non-hydrogen) atoms. The summed E-state index contributed by atoms with van der Waals surface area (Å²) in [6, 6.07) is 0. The molecule has 0 aromatic carbocycles. The molecule has 2 rings (SSSR count). The third kappa shape index (κ3) is 3.18. The number of likely N-dealkylation sites (tertiary alicyclic amines) is 1. The Morgan fingerprint density at radius 2 is 2.07 bits per heavy atom. The van der Waals surface area contributed by atoms with Crippen molar-refractivity contribution in [2.75, 3.05) is 33.2 Å². The Bertz CT molecular complexity index is 213. The van der Waals surface area contributed by atoms with Gasteiger partial charge in [0.05, 0.1) is 0 Å². The highest BCUT2D eigenvalue weighted by Gasteiger charge is 2.44. The van der Waals surface area contributed by atoms with Gasteiger partial charge in [-0.25, -0.2) is 0 Å². The van der Waals surface area contributed by atoms with Gasteiger partial charge in [-0.2, -0.15) is 0 Å². The lowest BCUT2D eigenvalue weighted by Gasteiger charge is -2.29. The zero-order valence-corrected chi connectivity index (χ0v) is 10.6. The molecule has 1 saturated heterocycles. The molecule has 0 spiro atoms. The van der Waals surface area contributed by atoms with Crippen molar-refractivity contribution in [1.29, 1.82) is 0 Å². The number of nitrogens with one attached hydrogen (secondary N) is 1. The van der Waals surface area contributed by atoms with Crippen molar-refractivity contribution in [3.05, 3.63) is 0 Å². The molecule has 1 N–H and O–H groups in total. The Labute approximate surface area is 94.4 Å². The van der Waals surface area contributed by atoms with E-state index >= 15 is 0 Å². The first-order chi connectivity index (χ1) is 7.08. The van der Waals surface area contributed by atoms with E-state index in [0.717, 1.165) is 11.8 Å². The van der Waals surface area contributed by atoms with Gasteiger partial charge in [0.2, 0.25) is 0 Å². The molecule has 88 valence electrons. The van der Waals surface area contributed by atoms with E-state index in [-0.39, 0.29) is 0 Å². The average molecular weight is 210 g/mol. The first kappa shape index (κ1) is 11.4. The monoisotopic (exact) mass is 210 g/mol. The number of nitrogens with zero attached hydrogens (tertiary/aromatic N) is 1. The van der Waals surface area contributed by atoms with Gasteiger partial charge >= 0.3 is 0 Å². The largest absolute Gasteiger partial charge is 0.316 e. The van der Waals surface area contributed by atoms with Crippen molar-refractivity contribution < 1.29 is 0 Å². The van der Waals surface area contributed by atoms with Gasteiger partial charge in [0.1, 0.15) is 0 Å². The van der Waals surface area contributed by atoms with Crippen LogP contribution in [-0.2, 0) is 0 Å². The van der Waals surface area contributed by atoms with Crippen LogP contribution in [0.5, 0.6) is 0 Å². The molecule has 0 radical (unpaired) electrons. The number of rotatable bonds is 4. The maximum atomic E-state index is 3.67. The summed E-state index contributed by atoms with van der Waals surface area (Å²) in [7, 11) is 2.25. The van der Waals surface area contributed by atoms with E-state index in [1.54, 1.807) is 0 Å². The molecular weight excluding hydrogens is 184 g/mol. The van der Waals surface area contributed by atoms with Gasteiger partial charge in [-0.05, 0) is 63.2 Å². The summed E-state index contributed by atoms with van der Waals surface area (Å²) >= 11 is 0. The predicted molar refractivity (Wildman–Crippen MR) is 65.0 cm³/mol. The molecule has 1 saturated carbocycles. The Balaban J connectivity index is 1.58. The van der Waals surface area contributed by atoms with Crippen LogP contribution in [-0.4, -0.2) is 38.1 Å². The Morgan fingerprint density at radius 1 is 1.33 bits per heavy atom. The molecule has 2 aliphatic rings. The van der Waals surface area contributed by atoms with Gasteiger partial charge in [0, 0.05) is 6.54 Å². The van der Waals surface area contributed by atoms with Crippen LogP contribution in [0.3, 0.4) is 0 Å². The third-order valence-electron chi connectivity index (χ3n) is 4.26. The fraction of sp³-hybridized carbons (Fsp3) is 1.00. The summed E-state index contributed by atoms with van der Waals surface area (Å²) in [4.78, 5) is 2.47. The quantitative estimate of drug-likeness (QED) is 0.763. The van der Waals surface area contributed by atoms with Crippen molar-refractivity contribution in [2.45, 2.75) is 33.1 Å². The van der Waals surface area contributed by atoms with E-state index in [0.29, 0.717) is 5.41 Å². The standard InChI is InChI=1S/C13H26N2/c1-13(2)7-12(13)9-14-8-11-5-4-6-15(3)10-11/h11-12,14H,4-10H2,1-3H3. The van der Waals surface area contributed by atoms with E-state index in [4.69, 9.17) is 0 Å². The van der Waals surface area contributed by atoms with Crippen LogP contribution < -0.4 is 5.32 Å². The zero-order chi connectivity index (χ0) is 10.9. The van der Waals surface area contributed by atoms with Crippen LogP contribution in [0, 0.1) is 17.3 Å². The van der Waals surface area contributed by atoms with Crippen LogP contribution >= 0.6 is 0 Å². The van der Waals surface area contributed by atoms with E-state index in [1.165, 1.54) is 45.4 Å². The van der Waals surface area contributed by atoms with Crippen LogP contribution in [0.1, 0.15) is 33.1 Å². The van der Waals surface area contributed by atoms with Crippen LogP contribution in [0.4, 0.5) is 0 Å². The van der Waals surface area contributed by atoms with Gasteiger partial charge in [-0.1, -0.05) is 13.8 Å². The molecular formula is C13H26N2. The maximum Gasteiger partial charge on any atom is 0.00187 e. The van der Waals surface area contributed by atoms with E-state index < -0.39 is 0 Å². The highest BCUT2D eigenvalue weighted by Crippen LogP contribution is 2.50. The number of hydrogen-bond acceptors (Lipinski definition) is 2. The van der Waals surface area contributed by atoms with Crippen molar-refractivity contribution >= 4 is 0 Å². The molecule has 0 amide bonds. The van der Waals surface area contributed by atoms with E-state index in [9.17, 15) is 0 Å². The second kappa shape index (κ2) is 4.42. The van der Waals surface area contributed by atoms with E-state index in [2.05, 4.69) is 31.1 Å². The van der Waals surface area contributed by atoms with Crippen LogP contribution in [0.2, 0.25) is 0 Å². The molecule has 0 aromatic rings. The van der Waals surface area contributed by atoms with Gasteiger partial charge in [0.25, 0.3) is 0 Å². The highest BCUT2D eigenvalue weighted by molar-refractivity contribution is 4.96. The molecule has 1 aliphatic carbocycles. The first-order valence-electron chi connectivity index (χ1n) is 6.47. The molecule has 2 fully saturated rings. The highest BCUT2D eigenvalue weighted by atomic mass is 15.1. The molecule has 2 heteroatoms. The maximum absolute atomic E-state index is 3.67. The van der Waals surface area contributed by atoms with Gasteiger partial charge in [-0.3, -0.25) is 0 Å². The summed E-state index contributed by atoms with van der Waals surface area (Å²) in [5, 5.41) is 3.67. The summed E-state index contributed by atoms with van der Waals surface area (Å²) in [6.07, 6.45) is 4.23. The minimum absolute atomic E-state index is 0.635. The summed E-state index contributed by atoms with van der Waals surface area (Å²) in [6.45, 7) is 9.83. The predicted octanol–water partition coefficient (Wildman–Crippen LogP) is 1.96. The average Bonchev–Trinajstić information content (AvgIpc) is 2.74. The minimum Gasteiger partial charge on any atom is -0.316 e. The first-order valence-corrected chi connectivity index (χ1v) is 6.47. The van der Waals surface area contributed by atoms with Crippen molar-refractivity contribution in [1.82, 2.24) is 10.2 Å². The van der Waals surface area contributed by atoms with E-state index in [1.807, 2.05) is 0 Å². The van der Waals surface area contributed by atoms with Crippen molar-refractivity contribution in [3.8, 4) is 0 Å². The van der Waals surface area contributed by atoms with Crippen molar-refractivity contribution in [3.63, 3.8) is 0 Å². The minimum atomic E-state index is 0.635. The lowest BCUT2D eigenvalue weighted by molar-refractivity contribution is 0.205. The Morgan fingerprint density at radius 3 is 2.67 bits per heavy atom. The molecule has 2 nitrogen and oxygen atoms in total. The zero-order valence-electron chi connectivity index (χ0n) is 10.6. The molecule has 2 atom stereocenters. The molecule has 1 heterocycles. The second-order valence-corrected chi connectivity index (χ2v) is 6.32. The van der Waals surface area contributed by atoms with Gasteiger partial charge in [0.15, 0.2) is 0 Å². The summed E-state index contributed by atoms with van der Waals surface area (Å²) < 4.78 is 0. The lowest BCUT2D eigenvalue weighted by atomic mass is 9.98. The lowest BCUT2D eigenvalue weighted by Crippen LogP contribution is -2.37.